The van der Waals surface area contributed by atoms with Crippen LogP contribution in [-0.2, 0) is 16.5 Å². The maximum atomic E-state index is 5.08. The number of rotatable bonds is 19. The van der Waals surface area contributed by atoms with Crippen molar-refractivity contribution in [3.05, 3.63) is 60.7 Å². The molecular formula is C32H48N2Ni. The summed E-state index contributed by atoms with van der Waals surface area (Å²) >= 11 is 0. The third-order valence-electron chi connectivity index (χ3n) is 6.41. The number of para-hydroxylation sites is 2. The Balaban J connectivity index is 0.00000612. The van der Waals surface area contributed by atoms with Gasteiger partial charge in [0.05, 0.1) is 22.8 Å². The molecule has 2 rings (SSSR count). The van der Waals surface area contributed by atoms with Crippen LogP contribution in [0.4, 0.5) is 11.4 Å². The molecule has 0 aliphatic carbocycles. The number of hydrogen-bond donors (Lipinski definition) is 0. The predicted molar refractivity (Wildman–Crippen MR) is 152 cm³/mol. The summed E-state index contributed by atoms with van der Waals surface area (Å²) in [5.41, 5.74) is 4.41. The Morgan fingerprint density at radius 1 is 0.457 bits per heavy atom. The molecule has 0 heterocycles. The third-order valence-corrected chi connectivity index (χ3v) is 6.41. The molecule has 0 aliphatic heterocycles. The van der Waals surface area contributed by atoms with Gasteiger partial charge in [0.1, 0.15) is 0 Å². The zero-order valence-electron chi connectivity index (χ0n) is 22.3. The first kappa shape index (κ1) is 31.3. The van der Waals surface area contributed by atoms with E-state index in [1.165, 1.54) is 94.9 Å². The summed E-state index contributed by atoms with van der Waals surface area (Å²) in [6.07, 6.45) is 20.8. The van der Waals surface area contributed by atoms with Gasteiger partial charge in [-0.2, -0.15) is 0 Å². The Labute approximate surface area is 226 Å². The molecule has 35 heavy (non-hydrogen) atoms. The number of benzene rings is 2. The molecule has 2 nitrogen and oxygen atoms in total. The molecule has 2 aromatic carbocycles. The average molecular weight is 519 g/mol. The van der Waals surface area contributed by atoms with Crippen LogP contribution < -0.4 is 0 Å². The standard InChI is InChI=1S/C32H48N2.Ni/c1-3-5-7-8-9-10-11-12-13-14-15-22-28-32(34-30-25-20-17-21-26-30)31(27-6-4-2)33-29-23-18-16-19-24-29;/h16-21,23-26H,3-15,22,27-28H2,1-2H3;/b33-31+,34-32+;. The van der Waals surface area contributed by atoms with E-state index in [0.717, 1.165) is 30.6 Å². The Hall–Kier alpha value is -1.73. The second-order valence-electron chi connectivity index (χ2n) is 9.53. The first-order chi connectivity index (χ1) is 16.8. The van der Waals surface area contributed by atoms with Crippen molar-refractivity contribution < 1.29 is 16.5 Å². The molecule has 0 aliphatic rings. The Kier molecular flexibility index (Phi) is 19.3. The maximum absolute atomic E-state index is 5.08. The van der Waals surface area contributed by atoms with E-state index in [1.54, 1.807) is 0 Å². The summed E-state index contributed by atoms with van der Waals surface area (Å²) in [6, 6.07) is 20.8. The first-order valence-electron chi connectivity index (χ1n) is 14.1. The summed E-state index contributed by atoms with van der Waals surface area (Å²) < 4.78 is 0. The van der Waals surface area contributed by atoms with Crippen molar-refractivity contribution in [3.8, 4) is 0 Å². The quantitative estimate of drug-likeness (QED) is 0.100. The number of unbranched alkanes of at least 4 members (excludes halogenated alkanes) is 12. The van der Waals surface area contributed by atoms with Gasteiger partial charge >= 0.3 is 0 Å². The fourth-order valence-corrected chi connectivity index (χ4v) is 4.32. The van der Waals surface area contributed by atoms with Crippen LogP contribution >= 0.6 is 0 Å². The van der Waals surface area contributed by atoms with Crippen molar-refractivity contribution in [1.82, 2.24) is 0 Å². The fraction of sp³-hybridized carbons (Fsp3) is 0.562. The van der Waals surface area contributed by atoms with Gasteiger partial charge in [-0.3, -0.25) is 9.98 Å². The molecule has 3 heteroatoms. The number of nitrogens with zero attached hydrogens (tertiary/aromatic N) is 2. The van der Waals surface area contributed by atoms with Crippen LogP contribution in [0.1, 0.15) is 117 Å². The van der Waals surface area contributed by atoms with Gasteiger partial charge in [-0.25, -0.2) is 0 Å². The zero-order chi connectivity index (χ0) is 24.1. The molecule has 0 aromatic heterocycles. The van der Waals surface area contributed by atoms with E-state index in [2.05, 4.69) is 74.5 Å². The summed E-state index contributed by atoms with van der Waals surface area (Å²) in [5, 5.41) is 0. The Morgan fingerprint density at radius 3 is 1.20 bits per heavy atom. The maximum Gasteiger partial charge on any atom is 0.0633 e. The summed E-state index contributed by atoms with van der Waals surface area (Å²) in [7, 11) is 0. The van der Waals surface area contributed by atoms with Gasteiger partial charge < -0.3 is 0 Å². The van der Waals surface area contributed by atoms with Crippen molar-refractivity contribution in [1.29, 1.82) is 0 Å². The molecule has 0 unspecified atom stereocenters. The van der Waals surface area contributed by atoms with Gasteiger partial charge in [-0.05, 0) is 49.9 Å². The molecule has 0 spiro atoms. The minimum Gasteiger partial charge on any atom is -0.252 e. The predicted octanol–water partition coefficient (Wildman–Crippen LogP) is 10.8. The molecule has 0 saturated carbocycles. The normalized spacial score (nSPS) is 11.9. The number of aliphatic imine (C=N–C) groups is 2. The van der Waals surface area contributed by atoms with E-state index in [9.17, 15) is 0 Å². The van der Waals surface area contributed by atoms with Crippen LogP contribution in [0.3, 0.4) is 0 Å². The average Bonchev–Trinajstić information content (AvgIpc) is 2.87. The van der Waals surface area contributed by atoms with Gasteiger partial charge in [0.25, 0.3) is 0 Å². The molecule has 0 radical (unpaired) electrons. The van der Waals surface area contributed by atoms with Gasteiger partial charge in [0.2, 0.25) is 0 Å². The van der Waals surface area contributed by atoms with Gasteiger partial charge in [0, 0.05) is 16.5 Å². The number of hydrogen-bond acceptors (Lipinski definition) is 2. The van der Waals surface area contributed by atoms with Gasteiger partial charge in [-0.15, -0.1) is 0 Å². The van der Waals surface area contributed by atoms with Crippen LogP contribution in [0, 0.1) is 0 Å². The molecule has 0 amide bonds. The summed E-state index contributed by atoms with van der Waals surface area (Å²) in [4.78, 5) is 10.1. The van der Waals surface area contributed by atoms with E-state index < -0.39 is 0 Å². The Morgan fingerprint density at radius 2 is 0.800 bits per heavy atom. The molecule has 0 atom stereocenters. The second-order valence-corrected chi connectivity index (χ2v) is 9.53. The summed E-state index contributed by atoms with van der Waals surface area (Å²) in [5.74, 6) is 0. The smallest absolute Gasteiger partial charge is 0.0633 e. The third kappa shape index (κ3) is 15.1. The molecule has 0 fully saturated rings. The van der Waals surface area contributed by atoms with E-state index in [0.29, 0.717) is 0 Å². The molecule has 0 bridgehead atoms. The molecule has 196 valence electrons. The molecule has 2 aromatic rings. The monoisotopic (exact) mass is 518 g/mol. The van der Waals surface area contributed by atoms with Crippen molar-refractivity contribution in [2.24, 2.45) is 9.98 Å². The summed E-state index contributed by atoms with van der Waals surface area (Å²) in [6.45, 7) is 4.54. The van der Waals surface area contributed by atoms with Crippen molar-refractivity contribution in [3.63, 3.8) is 0 Å². The van der Waals surface area contributed by atoms with Gasteiger partial charge in [0.15, 0.2) is 0 Å². The fourth-order valence-electron chi connectivity index (χ4n) is 4.32. The van der Waals surface area contributed by atoms with Crippen LogP contribution in [0.5, 0.6) is 0 Å². The van der Waals surface area contributed by atoms with Crippen LogP contribution in [-0.4, -0.2) is 11.4 Å². The van der Waals surface area contributed by atoms with E-state index >= 15 is 0 Å². The topological polar surface area (TPSA) is 24.7 Å². The van der Waals surface area contributed by atoms with Crippen LogP contribution in [0.25, 0.3) is 0 Å². The minimum atomic E-state index is 0. The molecule has 0 N–H and O–H groups in total. The van der Waals surface area contributed by atoms with E-state index in [-0.39, 0.29) is 16.5 Å². The van der Waals surface area contributed by atoms with Crippen molar-refractivity contribution in [2.45, 2.75) is 117 Å². The van der Waals surface area contributed by atoms with Crippen LogP contribution in [0.2, 0.25) is 0 Å². The van der Waals surface area contributed by atoms with E-state index in [1.807, 2.05) is 0 Å². The second kappa shape index (κ2) is 21.5. The SMILES string of the molecule is CCCCCCCCCCCCCCC(=N\c1ccccc1)/C(CCCC)=N/c1ccccc1.[Ni]. The minimum absolute atomic E-state index is 0. The molecular weight excluding hydrogens is 471 g/mol. The zero-order valence-corrected chi connectivity index (χ0v) is 23.3. The largest absolute Gasteiger partial charge is 0.252 e. The first-order valence-corrected chi connectivity index (χ1v) is 14.1. The van der Waals surface area contributed by atoms with Crippen LogP contribution in [0.15, 0.2) is 70.6 Å². The van der Waals surface area contributed by atoms with Gasteiger partial charge in [-0.1, -0.05) is 127 Å². The van der Waals surface area contributed by atoms with E-state index in [4.69, 9.17) is 9.98 Å². The molecule has 0 saturated heterocycles. The van der Waals surface area contributed by atoms with Crippen molar-refractivity contribution >= 4 is 22.8 Å². The Bertz CT molecular complexity index is 799. The van der Waals surface area contributed by atoms with Crippen molar-refractivity contribution in [2.75, 3.05) is 0 Å².